The van der Waals surface area contributed by atoms with Gasteiger partial charge in [-0.3, -0.25) is 14.5 Å². The fraction of sp³-hybridized carbons (Fsp3) is 0.226. The molecule has 2 heterocycles. The highest BCUT2D eigenvalue weighted by molar-refractivity contribution is 6.20. The number of carbonyl (C=O) groups excluding carboxylic acids is 2. The second-order valence-corrected chi connectivity index (χ2v) is 10.2. The molecule has 4 aromatic rings. The molecule has 1 N–H and O–H groups in total. The molecule has 1 aromatic heterocycles. The zero-order valence-corrected chi connectivity index (χ0v) is 21.9. The van der Waals surface area contributed by atoms with Crippen LogP contribution in [0.3, 0.4) is 0 Å². The lowest BCUT2D eigenvalue weighted by Gasteiger charge is -2.28. The average molecular weight is 512 g/mol. The van der Waals surface area contributed by atoms with E-state index in [1.165, 1.54) is 19.1 Å². The summed E-state index contributed by atoms with van der Waals surface area (Å²) in [6.07, 6.45) is 0. The summed E-state index contributed by atoms with van der Waals surface area (Å²) in [5, 5.41) is 11.8. The maximum absolute atomic E-state index is 13.9. The molecule has 1 aliphatic rings. The number of hydrogen-bond acceptors (Lipinski definition) is 6. The van der Waals surface area contributed by atoms with Crippen molar-refractivity contribution in [2.75, 3.05) is 19.1 Å². The Kier molecular flexibility index (Phi) is 6.23. The van der Waals surface area contributed by atoms with Crippen LogP contribution in [0.1, 0.15) is 48.5 Å². The molecule has 0 spiro atoms. The van der Waals surface area contributed by atoms with Crippen LogP contribution in [0, 0.1) is 0 Å². The molecule has 7 nitrogen and oxygen atoms in total. The zero-order chi connectivity index (χ0) is 27.2. The Morgan fingerprint density at radius 1 is 0.947 bits per heavy atom. The van der Waals surface area contributed by atoms with Crippen LogP contribution >= 0.6 is 0 Å². The van der Waals surface area contributed by atoms with Gasteiger partial charge in [0.1, 0.15) is 5.75 Å². The van der Waals surface area contributed by atoms with Crippen molar-refractivity contribution < 1.29 is 28.6 Å². The third-order valence-electron chi connectivity index (χ3n) is 6.83. The van der Waals surface area contributed by atoms with E-state index in [1.807, 2.05) is 24.3 Å². The standard InChI is InChI=1S/C31H29NO6/c1-31(2,3)20-14-12-18(13-15-20)26-25(27(33)24-16-19-8-6-11-23(37-5)29(19)38-24)28(34)30(35)32(26)21-9-7-10-22(17-21)36-4/h6-17,26,34H,1-5H3. The molecule has 194 valence electrons. The molecule has 0 fully saturated rings. The number of ketones is 1. The van der Waals surface area contributed by atoms with E-state index in [0.29, 0.717) is 33.7 Å². The fourth-order valence-corrected chi connectivity index (χ4v) is 4.79. The molecule has 1 aliphatic heterocycles. The SMILES string of the molecule is COc1cccc(N2C(=O)C(O)=C(C(=O)c3cc4cccc(OC)c4o3)C2c2ccc(C(C)(C)C)cc2)c1. The summed E-state index contributed by atoms with van der Waals surface area (Å²) in [4.78, 5) is 28.9. The van der Waals surface area contributed by atoms with Crippen molar-refractivity contribution in [1.82, 2.24) is 0 Å². The quantitative estimate of drug-likeness (QED) is 0.296. The predicted molar refractivity (Wildman–Crippen MR) is 145 cm³/mol. The number of para-hydroxylation sites is 1. The monoisotopic (exact) mass is 511 g/mol. The van der Waals surface area contributed by atoms with Crippen LogP contribution < -0.4 is 14.4 Å². The first-order valence-electron chi connectivity index (χ1n) is 12.3. The molecule has 0 bridgehead atoms. The number of rotatable bonds is 6. The van der Waals surface area contributed by atoms with Crippen molar-refractivity contribution >= 4 is 28.3 Å². The van der Waals surface area contributed by atoms with Crippen LogP contribution in [0.4, 0.5) is 5.69 Å². The van der Waals surface area contributed by atoms with Gasteiger partial charge in [0.2, 0.25) is 5.78 Å². The van der Waals surface area contributed by atoms with Gasteiger partial charge in [0, 0.05) is 17.1 Å². The molecule has 0 saturated carbocycles. The number of aliphatic hydroxyl groups is 1. The Bertz CT molecular complexity index is 1570. The molecule has 7 heteroatoms. The third kappa shape index (κ3) is 4.20. The minimum absolute atomic E-state index is 0.00246. The number of aliphatic hydroxyl groups excluding tert-OH is 1. The Labute approximate surface area is 220 Å². The summed E-state index contributed by atoms with van der Waals surface area (Å²) in [7, 11) is 3.06. The average Bonchev–Trinajstić information content (AvgIpc) is 3.47. The minimum atomic E-state index is -0.883. The number of nitrogens with zero attached hydrogens (tertiary/aromatic N) is 1. The van der Waals surface area contributed by atoms with Crippen molar-refractivity contribution in [1.29, 1.82) is 0 Å². The van der Waals surface area contributed by atoms with E-state index in [9.17, 15) is 14.7 Å². The molecule has 0 radical (unpaired) electrons. The Morgan fingerprint density at radius 2 is 1.66 bits per heavy atom. The number of carbonyl (C=O) groups is 2. The topological polar surface area (TPSA) is 89.2 Å². The van der Waals surface area contributed by atoms with Gasteiger partial charge in [-0.15, -0.1) is 0 Å². The highest BCUT2D eigenvalue weighted by Gasteiger charge is 2.45. The number of ether oxygens (including phenoxy) is 2. The van der Waals surface area contributed by atoms with Gasteiger partial charge in [0.15, 0.2) is 22.9 Å². The van der Waals surface area contributed by atoms with E-state index < -0.39 is 23.5 Å². The Balaban J connectivity index is 1.66. The lowest BCUT2D eigenvalue weighted by Crippen LogP contribution is -2.31. The lowest BCUT2D eigenvalue weighted by atomic mass is 9.85. The van der Waals surface area contributed by atoms with Gasteiger partial charge in [-0.25, -0.2) is 0 Å². The van der Waals surface area contributed by atoms with E-state index in [4.69, 9.17) is 13.9 Å². The summed E-state index contributed by atoms with van der Waals surface area (Å²) in [6.45, 7) is 6.33. The highest BCUT2D eigenvalue weighted by atomic mass is 16.5. The maximum Gasteiger partial charge on any atom is 0.294 e. The van der Waals surface area contributed by atoms with Crippen molar-refractivity contribution in [3.8, 4) is 11.5 Å². The molecule has 0 saturated heterocycles. The van der Waals surface area contributed by atoms with Gasteiger partial charge >= 0.3 is 0 Å². The van der Waals surface area contributed by atoms with Crippen molar-refractivity contribution in [3.63, 3.8) is 0 Å². The van der Waals surface area contributed by atoms with E-state index >= 15 is 0 Å². The molecule has 1 atom stereocenters. The smallest absolute Gasteiger partial charge is 0.294 e. The van der Waals surface area contributed by atoms with Crippen LogP contribution in [-0.4, -0.2) is 31.0 Å². The summed E-state index contributed by atoms with van der Waals surface area (Å²) in [6, 6.07) is 20.7. The first kappa shape index (κ1) is 25.1. The molecule has 5 rings (SSSR count). The number of anilines is 1. The fourth-order valence-electron chi connectivity index (χ4n) is 4.79. The third-order valence-corrected chi connectivity index (χ3v) is 6.83. The largest absolute Gasteiger partial charge is 0.503 e. The van der Waals surface area contributed by atoms with E-state index in [1.54, 1.807) is 48.5 Å². The molecule has 38 heavy (non-hydrogen) atoms. The summed E-state index contributed by atoms with van der Waals surface area (Å²) >= 11 is 0. The minimum Gasteiger partial charge on any atom is -0.503 e. The second kappa shape index (κ2) is 9.41. The van der Waals surface area contributed by atoms with Crippen LogP contribution in [0.2, 0.25) is 0 Å². The Hall–Kier alpha value is -4.52. The first-order chi connectivity index (χ1) is 18.1. The number of methoxy groups -OCH3 is 2. The van der Waals surface area contributed by atoms with Crippen molar-refractivity contribution in [2.24, 2.45) is 0 Å². The first-order valence-corrected chi connectivity index (χ1v) is 12.3. The number of amides is 1. The normalized spacial score (nSPS) is 15.9. The molecule has 0 aliphatic carbocycles. The molecule has 3 aromatic carbocycles. The molecule has 1 amide bonds. The molecule has 1 unspecified atom stereocenters. The Morgan fingerprint density at radius 3 is 2.32 bits per heavy atom. The van der Waals surface area contributed by atoms with Gasteiger partial charge in [0.25, 0.3) is 5.91 Å². The van der Waals surface area contributed by atoms with Gasteiger partial charge < -0.3 is 19.0 Å². The predicted octanol–water partition coefficient (Wildman–Crippen LogP) is 6.53. The number of fused-ring (bicyclic) bond motifs is 1. The second-order valence-electron chi connectivity index (χ2n) is 10.2. The van der Waals surface area contributed by atoms with Crippen LogP contribution in [0.5, 0.6) is 11.5 Å². The maximum atomic E-state index is 13.9. The van der Waals surface area contributed by atoms with Crippen molar-refractivity contribution in [3.05, 3.63) is 101 Å². The highest BCUT2D eigenvalue weighted by Crippen LogP contribution is 2.43. The zero-order valence-electron chi connectivity index (χ0n) is 21.9. The number of Topliss-reactive ketones (excluding diaryl/α,β-unsaturated/α-hetero) is 1. The van der Waals surface area contributed by atoms with E-state index in [2.05, 4.69) is 20.8 Å². The summed E-state index contributed by atoms with van der Waals surface area (Å²) in [5.74, 6) is -0.849. The lowest BCUT2D eigenvalue weighted by molar-refractivity contribution is -0.117. The van der Waals surface area contributed by atoms with Crippen LogP contribution in [-0.2, 0) is 10.2 Å². The van der Waals surface area contributed by atoms with Gasteiger partial charge in [0.05, 0.1) is 25.8 Å². The van der Waals surface area contributed by atoms with Gasteiger partial charge in [-0.05, 0) is 40.8 Å². The number of hydrogen-bond donors (Lipinski definition) is 1. The number of furan rings is 1. The van der Waals surface area contributed by atoms with Crippen LogP contribution in [0.25, 0.3) is 11.0 Å². The van der Waals surface area contributed by atoms with E-state index in [0.717, 1.165) is 5.56 Å². The van der Waals surface area contributed by atoms with Gasteiger partial charge in [-0.2, -0.15) is 0 Å². The molecular weight excluding hydrogens is 482 g/mol. The van der Waals surface area contributed by atoms with Gasteiger partial charge in [-0.1, -0.05) is 63.2 Å². The summed E-state index contributed by atoms with van der Waals surface area (Å²) < 4.78 is 16.6. The van der Waals surface area contributed by atoms with Crippen molar-refractivity contribution in [2.45, 2.75) is 32.2 Å². The van der Waals surface area contributed by atoms with E-state index in [-0.39, 0.29) is 16.7 Å². The number of benzene rings is 3. The molecular formula is C31H29NO6. The summed E-state index contributed by atoms with van der Waals surface area (Å²) in [5.41, 5.74) is 2.54. The van der Waals surface area contributed by atoms with Crippen LogP contribution in [0.15, 0.2) is 88.5 Å².